The predicted octanol–water partition coefficient (Wildman–Crippen LogP) is 3.95. The molecule has 5 nitrogen and oxygen atoms in total. The molecule has 0 amide bonds. The Bertz CT molecular complexity index is 1010. The number of methoxy groups -OCH3 is 1. The van der Waals surface area contributed by atoms with Crippen LogP contribution in [0.5, 0.6) is 5.75 Å². The number of nitriles is 1. The fourth-order valence-corrected chi connectivity index (χ4v) is 4.06. The molecular formula is C17H13ClN2O3S. The first-order chi connectivity index (χ1) is 11.4. The molecule has 0 N–H and O–H groups in total. The summed E-state index contributed by atoms with van der Waals surface area (Å²) in [6.07, 6.45) is 1.31. The van der Waals surface area contributed by atoms with Gasteiger partial charge in [0.05, 0.1) is 22.7 Å². The maximum absolute atomic E-state index is 12.5. The third kappa shape index (κ3) is 2.52. The molecule has 0 bridgehead atoms. The van der Waals surface area contributed by atoms with Crippen molar-refractivity contribution < 1.29 is 13.2 Å². The van der Waals surface area contributed by atoms with Gasteiger partial charge in [0.15, 0.2) is 4.91 Å². The minimum Gasteiger partial charge on any atom is -0.495 e. The van der Waals surface area contributed by atoms with Crippen LogP contribution in [0, 0.1) is 18.3 Å². The molecule has 2 aromatic carbocycles. The van der Waals surface area contributed by atoms with E-state index < -0.39 is 9.84 Å². The molecule has 0 saturated heterocycles. The summed E-state index contributed by atoms with van der Waals surface area (Å²) in [4.78, 5) is 1.43. The minimum absolute atomic E-state index is 0.0964. The number of aryl methyl sites for hydroxylation is 1. The van der Waals surface area contributed by atoms with Gasteiger partial charge in [0.2, 0.25) is 9.84 Å². The Morgan fingerprint density at radius 1 is 1.21 bits per heavy atom. The average Bonchev–Trinajstić information content (AvgIpc) is 2.54. The van der Waals surface area contributed by atoms with E-state index in [-0.39, 0.29) is 9.80 Å². The third-order valence-electron chi connectivity index (χ3n) is 3.72. The highest BCUT2D eigenvalue weighted by Gasteiger charge is 2.32. The van der Waals surface area contributed by atoms with Crippen LogP contribution in [-0.4, -0.2) is 15.5 Å². The van der Waals surface area contributed by atoms with Crippen LogP contribution in [-0.2, 0) is 9.84 Å². The summed E-state index contributed by atoms with van der Waals surface area (Å²) in [6.45, 7) is 1.87. The van der Waals surface area contributed by atoms with Crippen molar-refractivity contribution in [2.24, 2.45) is 0 Å². The summed E-state index contributed by atoms with van der Waals surface area (Å²) in [5, 5.41) is 9.63. The number of hydrogen-bond acceptors (Lipinski definition) is 5. The number of hydrogen-bond donors (Lipinski definition) is 0. The van der Waals surface area contributed by atoms with Gasteiger partial charge in [-0.15, -0.1) is 0 Å². The van der Waals surface area contributed by atoms with Crippen LogP contribution in [0.2, 0.25) is 5.02 Å². The van der Waals surface area contributed by atoms with Crippen molar-refractivity contribution in [1.29, 1.82) is 5.26 Å². The fourth-order valence-electron chi connectivity index (χ4n) is 2.53. The molecular weight excluding hydrogens is 348 g/mol. The van der Waals surface area contributed by atoms with E-state index in [0.717, 1.165) is 5.56 Å². The lowest BCUT2D eigenvalue weighted by atomic mass is 10.2. The second-order valence-corrected chi connectivity index (χ2v) is 7.56. The van der Waals surface area contributed by atoms with Gasteiger partial charge < -0.3 is 9.64 Å². The monoisotopic (exact) mass is 360 g/mol. The average molecular weight is 361 g/mol. The first kappa shape index (κ1) is 16.4. The maximum Gasteiger partial charge on any atom is 0.220 e. The fraction of sp³-hybridized carbons (Fsp3) is 0.118. The van der Waals surface area contributed by atoms with E-state index in [2.05, 4.69) is 0 Å². The summed E-state index contributed by atoms with van der Waals surface area (Å²) in [5.41, 5.74) is 2.02. The van der Waals surface area contributed by atoms with Crippen molar-refractivity contribution in [3.05, 3.63) is 58.1 Å². The summed E-state index contributed by atoms with van der Waals surface area (Å²) in [6, 6.07) is 11.8. The van der Waals surface area contributed by atoms with Gasteiger partial charge in [0.25, 0.3) is 0 Å². The second kappa shape index (κ2) is 5.86. The number of nitrogens with zero attached hydrogens (tertiary/aromatic N) is 2. The normalized spacial score (nSPS) is 15.2. The molecule has 0 fully saturated rings. The predicted molar refractivity (Wildman–Crippen MR) is 92.2 cm³/mol. The third-order valence-corrected chi connectivity index (χ3v) is 5.72. The highest BCUT2D eigenvalue weighted by atomic mass is 35.5. The molecule has 0 radical (unpaired) electrons. The van der Waals surface area contributed by atoms with Crippen molar-refractivity contribution in [2.45, 2.75) is 11.8 Å². The van der Waals surface area contributed by atoms with Crippen LogP contribution in [0.4, 0.5) is 11.4 Å². The minimum atomic E-state index is -3.81. The SMILES string of the molecule is COc1ccc(N2C=C(C#N)S(=O)(=O)c3ccc(C)cc32)cc1Cl. The van der Waals surface area contributed by atoms with Crippen LogP contribution in [0.15, 0.2) is 52.4 Å². The van der Waals surface area contributed by atoms with Gasteiger partial charge in [-0.25, -0.2) is 8.42 Å². The quantitative estimate of drug-likeness (QED) is 0.811. The number of fused-ring (bicyclic) bond motifs is 1. The van der Waals surface area contributed by atoms with Gasteiger partial charge in [-0.1, -0.05) is 17.7 Å². The Kier molecular flexibility index (Phi) is 3.99. The van der Waals surface area contributed by atoms with Crippen molar-refractivity contribution >= 4 is 32.8 Å². The van der Waals surface area contributed by atoms with Crippen LogP contribution >= 0.6 is 11.6 Å². The molecule has 1 heterocycles. The van der Waals surface area contributed by atoms with Crippen molar-refractivity contribution in [1.82, 2.24) is 0 Å². The molecule has 0 aliphatic carbocycles. The molecule has 0 spiro atoms. The lowest BCUT2D eigenvalue weighted by molar-refractivity contribution is 0.415. The van der Waals surface area contributed by atoms with Gasteiger partial charge in [0.1, 0.15) is 11.8 Å². The lowest BCUT2D eigenvalue weighted by Gasteiger charge is -2.28. The Morgan fingerprint density at radius 2 is 1.96 bits per heavy atom. The summed E-state index contributed by atoms with van der Waals surface area (Å²) >= 11 is 6.18. The van der Waals surface area contributed by atoms with Gasteiger partial charge in [-0.2, -0.15) is 5.26 Å². The summed E-state index contributed by atoms with van der Waals surface area (Å²) in [7, 11) is -2.30. The van der Waals surface area contributed by atoms with E-state index in [1.54, 1.807) is 41.3 Å². The Hall–Kier alpha value is -2.49. The number of rotatable bonds is 2. The molecule has 3 rings (SSSR count). The zero-order valence-electron chi connectivity index (χ0n) is 12.9. The van der Waals surface area contributed by atoms with Crippen LogP contribution in [0.25, 0.3) is 0 Å². The van der Waals surface area contributed by atoms with E-state index in [0.29, 0.717) is 22.1 Å². The standard InChI is InChI=1S/C17H13ClN2O3S/c1-11-3-6-17-15(7-11)20(10-13(9-19)24(17,21)22)12-4-5-16(23-2)14(18)8-12/h3-8,10H,1-2H3. The number of anilines is 2. The van der Waals surface area contributed by atoms with E-state index in [4.69, 9.17) is 16.3 Å². The molecule has 2 aromatic rings. The second-order valence-electron chi connectivity index (χ2n) is 5.27. The number of benzene rings is 2. The van der Waals surface area contributed by atoms with Gasteiger partial charge >= 0.3 is 0 Å². The topological polar surface area (TPSA) is 70.4 Å². The lowest BCUT2D eigenvalue weighted by Crippen LogP contribution is -2.21. The zero-order valence-corrected chi connectivity index (χ0v) is 14.5. The number of ether oxygens (including phenoxy) is 1. The number of sulfone groups is 1. The summed E-state index contributed by atoms with van der Waals surface area (Å²) in [5.74, 6) is 0.513. The molecule has 24 heavy (non-hydrogen) atoms. The maximum atomic E-state index is 12.5. The van der Waals surface area contributed by atoms with Gasteiger partial charge in [0, 0.05) is 11.9 Å². The van der Waals surface area contributed by atoms with E-state index >= 15 is 0 Å². The summed E-state index contributed by atoms with van der Waals surface area (Å²) < 4.78 is 30.2. The van der Waals surface area contributed by atoms with Crippen LogP contribution in [0.1, 0.15) is 5.56 Å². The molecule has 1 aliphatic rings. The Morgan fingerprint density at radius 3 is 2.58 bits per heavy atom. The molecule has 0 saturated carbocycles. The highest BCUT2D eigenvalue weighted by molar-refractivity contribution is 7.95. The first-order valence-corrected chi connectivity index (χ1v) is 8.85. The van der Waals surface area contributed by atoms with E-state index in [9.17, 15) is 13.7 Å². The number of allylic oxidation sites excluding steroid dienone is 1. The van der Waals surface area contributed by atoms with Crippen molar-refractivity contribution in [3.63, 3.8) is 0 Å². The Labute approximate surface area is 145 Å². The molecule has 0 unspecified atom stereocenters. The van der Waals surface area contributed by atoms with Crippen molar-refractivity contribution in [2.75, 3.05) is 12.0 Å². The largest absolute Gasteiger partial charge is 0.495 e. The van der Waals surface area contributed by atoms with Gasteiger partial charge in [-0.3, -0.25) is 0 Å². The highest BCUT2D eigenvalue weighted by Crippen LogP contribution is 2.41. The molecule has 0 aromatic heterocycles. The molecule has 1 aliphatic heterocycles. The number of halogens is 1. The molecule has 0 atom stereocenters. The Balaban J connectivity index is 2.27. The van der Waals surface area contributed by atoms with Crippen LogP contribution < -0.4 is 9.64 Å². The van der Waals surface area contributed by atoms with Crippen molar-refractivity contribution in [3.8, 4) is 11.8 Å². The zero-order chi connectivity index (χ0) is 17.5. The first-order valence-electron chi connectivity index (χ1n) is 6.99. The van der Waals surface area contributed by atoms with E-state index in [1.807, 2.05) is 6.92 Å². The van der Waals surface area contributed by atoms with Gasteiger partial charge in [-0.05, 0) is 42.8 Å². The molecule has 7 heteroatoms. The van der Waals surface area contributed by atoms with Crippen LogP contribution in [0.3, 0.4) is 0 Å². The van der Waals surface area contributed by atoms with E-state index in [1.165, 1.54) is 19.4 Å². The molecule has 122 valence electrons. The smallest absolute Gasteiger partial charge is 0.220 e.